The molecular weight excluding hydrogens is 321 g/mol. The first kappa shape index (κ1) is 15.4. The largest absolute Gasteiger partial charge is 0.315 e. The van der Waals surface area contributed by atoms with Gasteiger partial charge in [0.2, 0.25) is 0 Å². The van der Waals surface area contributed by atoms with E-state index in [-0.39, 0.29) is 11.4 Å². The predicted octanol–water partition coefficient (Wildman–Crippen LogP) is 2.90. The van der Waals surface area contributed by atoms with Gasteiger partial charge in [0.25, 0.3) is 11.3 Å². The van der Waals surface area contributed by atoms with Crippen LogP contribution in [-0.2, 0) is 6.54 Å². The number of halogens is 1. The van der Waals surface area contributed by atoms with E-state index < -0.39 is 0 Å². The molecule has 7 heteroatoms. The van der Waals surface area contributed by atoms with Crippen molar-refractivity contribution >= 4 is 16.7 Å². The fourth-order valence-corrected chi connectivity index (χ4v) is 2.98. The zero-order chi connectivity index (χ0) is 17.6. The summed E-state index contributed by atoms with van der Waals surface area (Å²) in [6.45, 7) is 4.71. The third kappa shape index (κ3) is 2.57. The molecule has 0 bridgehead atoms. The molecule has 25 heavy (non-hydrogen) atoms. The zero-order valence-corrected chi connectivity index (χ0v) is 13.8. The zero-order valence-electron chi connectivity index (χ0n) is 13.8. The molecule has 4 aromatic rings. The fraction of sp³-hybridized carbons (Fsp3) is 0.222. The van der Waals surface area contributed by atoms with Crippen molar-refractivity contribution in [2.45, 2.75) is 20.4 Å². The van der Waals surface area contributed by atoms with E-state index in [1.54, 1.807) is 29.0 Å². The van der Waals surface area contributed by atoms with Gasteiger partial charge in [0.1, 0.15) is 12.1 Å². The Hall–Kier alpha value is -3.09. The minimum atomic E-state index is -0.339. The number of rotatable bonds is 3. The van der Waals surface area contributed by atoms with Crippen molar-refractivity contribution in [3.8, 4) is 11.3 Å². The van der Waals surface area contributed by atoms with Crippen molar-refractivity contribution in [3.05, 3.63) is 59.0 Å². The van der Waals surface area contributed by atoms with E-state index in [0.717, 1.165) is 0 Å². The number of hydrogen-bond donors (Lipinski definition) is 0. The van der Waals surface area contributed by atoms with Gasteiger partial charge in [-0.2, -0.15) is 14.6 Å². The first-order valence-corrected chi connectivity index (χ1v) is 8.03. The lowest BCUT2D eigenvalue weighted by molar-refractivity contribution is 0.513. The topological polar surface area (TPSA) is 65.1 Å². The van der Waals surface area contributed by atoms with Crippen LogP contribution < -0.4 is 5.56 Å². The van der Waals surface area contributed by atoms with Gasteiger partial charge in [-0.25, -0.2) is 9.37 Å². The molecule has 6 nitrogen and oxygen atoms in total. The van der Waals surface area contributed by atoms with Gasteiger partial charge in [-0.15, -0.1) is 0 Å². The van der Waals surface area contributed by atoms with E-state index in [9.17, 15) is 9.18 Å². The molecule has 0 unspecified atom stereocenters. The minimum Gasteiger partial charge on any atom is -0.315 e. The lowest BCUT2D eigenvalue weighted by atomic mass is 10.1. The molecule has 0 fully saturated rings. The van der Waals surface area contributed by atoms with Gasteiger partial charge < -0.3 is 4.57 Å². The summed E-state index contributed by atoms with van der Waals surface area (Å²) in [5.74, 6) is 0.384. The molecule has 0 spiro atoms. The average Bonchev–Trinajstić information content (AvgIpc) is 3.04. The van der Waals surface area contributed by atoms with Gasteiger partial charge in [0, 0.05) is 18.3 Å². The lowest BCUT2D eigenvalue weighted by Crippen LogP contribution is -2.23. The van der Waals surface area contributed by atoms with E-state index in [2.05, 4.69) is 28.9 Å². The van der Waals surface area contributed by atoms with Gasteiger partial charge in [0.05, 0.1) is 16.6 Å². The van der Waals surface area contributed by atoms with Gasteiger partial charge in [-0.05, 0) is 36.2 Å². The van der Waals surface area contributed by atoms with Crippen LogP contribution in [0.5, 0.6) is 0 Å². The number of hydrogen-bond acceptors (Lipinski definition) is 4. The highest BCUT2D eigenvalue weighted by atomic mass is 19.1. The van der Waals surface area contributed by atoms with Crippen molar-refractivity contribution < 1.29 is 4.39 Å². The van der Waals surface area contributed by atoms with Crippen LogP contribution in [0.1, 0.15) is 13.8 Å². The molecule has 0 aliphatic rings. The Morgan fingerprint density at radius 2 is 1.92 bits per heavy atom. The van der Waals surface area contributed by atoms with Crippen LogP contribution in [0.3, 0.4) is 0 Å². The molecule has 0 atom stereocenters. The SMILES string of the molecule is CC(C)Cn1ccc2nc3ncnn3c(-c3ccc(F)cc3)c2c1=O. The summed E-state index contributed by atoms with van der Waals surface area (Å²) in [6.07, 6.45) is 3.14. The maximum Gasteiger partial charge on any atom is 0.262 e. The minimum absolute atomic E-state index is 0.143. The summed E-state index contributed by atoms with van der Waals surface area (Å²) in [4.78, 5) is 21.6. The van der Waals surface area contributed by atoms with Crippen LogP contribution in [-0.4, -0.2) is 24.1 Å². The summed E-state index contributed by atoms with van der Waals surface area (Å²) in [7, 11) is 0. The molecule has 0 aliphatic heterocycles. The fourth-order valence-electron chi connectivity index (χ4n) is 2.98. The highest BCUT2D eigenvalue weighted by Crippen LogP contribution is 2.26. The number of nitrogens with zero attached hydrogens (tertiary/aromatic N) is 5. The smallest absolute Gasteiger partial charge is 0.262 e. The molecule has 3 aromatic heterocycles. The summed E-state index contributed by atoms with van der Waals surface area (Å²) < 4.78 is 16.5. The first-order chi connectivity index (χ1) is 12.0. The molecule has 0 saturated carbocycles. The Kier molecular flexibility index (Phi) is 3.56. The van der Waals surface area contributed by atoms with Crippen LogP contribution >= 0.6 is 0 Å². The quantitative estimate of drug-likeness (QED) is 0.576. The molecule has 0 radical (unpaired) electrons. The summed E-state index contributed by atoms with van der Waals surface area (Å²) in [5.41, 5.74) is 1.66. The van der Waals surface area contributed by atoms with Crippen molar-refractivity contribution in [1.82, 2.24) is 24.1 Å². The summed E-state index contributed by atoms with van der Waals surface area (Å²) in [5, 5.41) is 4.65. The summed E-state index contributed by atoms with van der Waals surface area (Å²) in [6, 6.07) is 7.79. The normalized spacial score (nSPS) is 11.7. The predicted molar refractivity (Wildman–Crippen MR) is 92.8 cm³/mol. The molecule has 1 aromatic carbocycles. The van der Waals surface area contributed by atoms with Crippen molar-refractivity contribution in [1.29, 1.82) is 0 Å². The van der Waals surface area contributed by atoms with Crippen LogP contribution in [0.4, 0.5) is 4.39 Å². The van der Waals surface area contributed by atoms with Gasteiger partial charge in [0.15, 0.2) is 0 Å². The highest BCUT2D eigenvalue weighted by molar-refractivity contribution is 5.93. The highest BCUT2D eigenvalue weighted by Gasteiger charge is 2.17. The number of fused-ring (bicyclic) bond motifs is 2. The van der Waals surface area contributed by atoms with Crippen LogP contribution in [0.25, 0.3) is 27.9 Å². The molecular formula is C18H16FN5O. The number of benzene rings is 1. The maximum absolute atomic E-state index is 13.3. The first-order valence-electron chi connectivity index (χ1n) is 8.03. The van der Waals surface area contributed by atoms with Gasteiger partial charge in [-0.1, -0.05) is 13.8 Å². The average molecular weight is 337 g/mol. The van der Waals surface area contributed by atoms with Crippen LogP contribution in [0.2, 0.25) is 0 Å². The maximum atomic E-state index is 13.3. The van der Waals surface area contributed by atoms with Crippen LogP contribution in [0.15, 0.2) is 47.7 Å². The molecule has 3 heterocycles. The Bertz CT molecular complexity index is 1130. The Morgan fingerprint density at radius 3 is 2.64 bits per heavy atom. The van der Waals surface area contributed by atoms with E-state index in [1.165, 1.54) is 23.0 Å². The van der Waals surface area contributed by atoms with Crippen molar-refractivity contribution in [3.63, 3.8) is 0 Å². The monoisotopic (exact) mass is 337 g/mol. The third-order valence-electron chi connectivity index (χ3n) is 4.02. The van der Waals surface area contributed by atoms with Crippen LogP contribution in [0, 0.1) is 11.7 Å². The molecule has 126 valence electrons. The summed E-state index contributed by atoms with van der Waals surface area (Å²) >= 11 is 0. The Morgan fingerprint density at radius 1 is 1.16 bits per heavy atom. The second-order valence-corrected chi connectivity index (χ2v) is 6.37. The molecule has 0 N–H and O–H groups in total. The molecule has 4 rings (SSSR count). The van der Waals surface area contributed by atoms with E-state index in [1.807, 2.05) is 0 Å². The van der Waals surface area contributed by atoms with E-state index in [0.29, 0.717) is 40.4 Å². The molecule has 0 saturated heterocycles. The van der Waals surface area contributed by atoms with Crippen molar-refractivity contribution in [2.24, 2.45) is 5.92 Å². The second-order valence-electron chi connectivity index (χ2n) is 6.37. The Balaban J connectivity index is 2.13. The Labute approximate surface area is 142 Å². The lowest BCUT2D eigenvalue weighted by Gasteiger charge is -2.12. The van der Waals surface area contributed by atoms with E-state index in [4.69, 9.17) is 0 Å². The number of aromatic nitrogens is 5. The standard InChI is InChI=1S/C18H16FN5O/c1-11(2)9-23-8-7-14-15(17(23)25)16(12-3-5-13(19)6-4-12)24-18(22-14)20-10-21-24/h3-8,10-11H,9H2,1-2H3. The van der Waals surface area contributed by atoms with E-state index >= 15 is 0 Å². The van der Waals surface area contributed by atoms with Crippen molar-refractivity contribution in [2.75, 3.05) is 0 Å². The second kappa shape index (κ2) is 5.77. The molecule has 0 amide bonds. The third-order valence-corrected chi connectivity index (χ3v) is 4.02. The number of pyridine rings is 1. The molecule has 0 aliphatic carbocycles. The van der Waals surface area contributed by atoms with Gasteiger partial charge in [-0.3, -0.25) is 4.79 Å². The van der Waals surface area contributed by atoms with Gasteiger partial charge >= 0.3 is 0 Å².